The van der Waals surface area contributed by atoms with Crippen molar-refractivity contribution < 1.29 is 45.8 Å². The van der Waals surface area contributed by atoms with E-state index in [4.69, 9.17) is 14.6 Å². The molecule has 0 bridgehead atoms. The molecule has 0 amide bonds. The third kappa shape index (κ3) is 16.0. The third-order valence-corrected chi connectivity index (χ3v) is 22.4. The minimum Gasteiger partial charge on any atom is -0.481 e. The fraction of sp³-hybridized carbons (Fsp3) is 0.458. The van der Waals surface area contributed by atoms with Gasteiger partial charge >= 0.3 is 17.9 Å². The van der Waals surface area contributed by atoms with Crippen LogP contribution in [0.5, 0.6) is 0 Å². The highest BCUT2D eigenvalue weighted by molar-refractivity contribution is 7.99. The van der Waals surface area contributed by atoms with Crippen molar-refractivity contribution in [1.29, 1.82) is 0 Å². The van der Waals surface area contributed by atoms with Crippen LogP contribution < -0.4 is 0 Å². The number of fused-ring (bicyclic) bond motifs is 3. The van der Waals surface area contributed by atoms with Crippen LogP contribution in [-0.2, 0) is 95.3 Å². The van der Waals surface area contributed by atoms with Crippen LogP contribution in [-0.4, -0.2) is 53.1 Å². The number of carboxylic acids is 1. The summed E-state index contributed by atoms with van der Waals surface area (Å²) in [4.78, 5) is 37.5. The average molecular weight is 1210 g/mol. The van der Waals surface area contributed by atoms with Gasteiger partial charge in [-0.1, -0.05) is 149 Å². The van der Waals surface area contributed by atoms with Crippen LogP contribution in [0.3, 0.4) is 0 Å². The highest BCUT2D eigenvalue weighted by Crippen LogP contribution is 2.50. The van der Waals surface area contributed by atoms with Gasteiger partial charge in [0.05, 0.1) is 39.2 Å². The normalized spacial score (nSPS) is 17.4. The first-order chi connectivity index (χ1) is 39.6. The zero-order chi connectivity index (χ0) is 62.6. The summed E-state index contributed by atoms with van der Waals surface area (Å²) in [6.07, 6.45) is 8.45. The molecule has 0 saturated carbocycles. The van der Waals surface area contributed by atoms with E-state index in [2.05, 4.69) is 126 Å². The SMILES string of the molecule is CC1(C)CCC(C)(C)c2cc(S(=O)(=O)c3cccc(CC(=O)O)c3)ccc21.CCOC(=O)CCc1ccc(S(=O)(=O)c2ccc3c(c2)C(C)(C)CCC3(C)C)cc1.CCOC(=O)CCc1ccc(Sc2ccc3c(c2)C(C)(C)CCC3(C)C)cc1. The number of ether oxygens (including phenoxy) is 2. The highest BCUT2D eigenvalue weighted by atomic mass is 32.2. The van der Waals surface area contributed by atoms with E-state index in [1.165, 1.54) is 62.6 Å². The minimum atomic E-state index is -3.71. The first kappa shape index (κ1) is 66.5. The number of aryl methyl sites for hydroxylation is 2. The molecule has 85 heavy (non-hydrogen) atoms. The monoisotopic (exact) mass is 1210 g/mol. The van der Waals surface area contributed by atoms with E-state index in [0.717, 1.165) is 48.8 Å². The van der Waals surface area contributed by atoms with Crippen molar-refractivity contribution in [2.45, 2.75) is 229 Å². The van der Waals surface area contributed by atoms with Crippen molar-refractivity contribution in [2.75, 3.05) is 13.2 Å². The summed E-state index contributed by atoms with van der Waals surface area (Å²) in [7, 11) is -7.32. The number of hydrogen-bond donors (Lipinski definition) is 1. The lowest BCUT2D eigenvalue weighted by molar-refractivity contribution is -0.144. The summed E-state index contributed by atoms with van der Waals surface area (Å²) in [6, 6.07) is 39.6. The maximum absolute atomic E-state index is 13.3. The fourth-order valence-electron chi connectivity index (χ4n) is 12.0. The molecule has 0 heterocycles. The Morgan fingerprint density at radius 2 is 0.753 bits per heavy atom. The quantitative estimate of drug-likeness (QED) is 0.0920. The third-order valence-electron chi connectivity index (χ3n) is 17.9. The molecular weight excluding hydrogens is 1120 g/mol. The van der Waals surface area contributed by atoms with Crippen molar-refractivity contribution in [3.8, 4) is 0 Å². The van der Waals surface area contributed by atoms with Crippen molar-refractivity contribution >= 4 is 49.3 Å². The average Bonchev–Trinajstić information content (AvgIpc) is 1.17. The van der Waals surface area contributed by atoms with E-state index in [1.54, 1.807) is 55.5 Å². The predicted molar refractivity (Wildman–Crippen MR) is 341 cm³/mol. The standard InChI is InChI=1S/C25H32O4S.C25H32O2S.C22H26O4S/c1-6-29-23(26)14-9-18-7-10-19(11-8-18)30(27,28)20-12-13-21-22(17-20)25(4,5)16-15-24(21,2)3;1-6-27-23(26)14-9-18-7-10-19(11-8-18)28-20-12-13-21-22(17-20)25(4,5)16-15-24(21,2)3;1-21(2)10-11-22(3,4)19-14-17(8-9-18(19)21)27(25,26)16-7-5-6-15(12-16)13-20(23)24/h7-8,10-13,17H,6,9,14-16H2,1-5H3;7-8,10-13,17H,6,9,14-16H2,1-5H3;5-9,12,14H,10-11,13H2,1-4H3,(H,23,24). The number of sulfone groups is 2. The van der Waals surface area contributed by atoms with Gasteiger partial charge in [-0.15, -0.1) is 0 Å². The Balaban J connectivity index is 0.000000183. The summed E-state index contributed by atoms with van der Waals surface area (Å²) in [5.74, 6) is -1.35. The van der Waals surface area contributed by atoms with Gasteiger partial charge < -0.3 is 14.6 Å². The van der Waals surface area contributed by atoms with Crippen LogP contribution >= 0.6 is 11.8 Å². The molecule has 3 aliphatic rings. The lowest BCUT2D eigenvalue weighted by Gasteiger charge is -2.42. The molecule has 0 unspecified atom stereocenters. The molecule has 6 aromatic rings. The number of hydrogen-bond acceptors (Lipinski definition) is 10. The lowest BCUT2D eigenvalue weighted by Crippen LogP contribution is -2.34. The summed E-state index contributed by atoms with van der Waals surface area (Å²) < 4.78 is 62.9. The number of aliphatic carboxylic acids is 1. The van der Waals surface area contributed by atoms with Gasteiger partial charge in [0, 0.05) is 22.6 Å². The Labute approximate surface area is 512 Å². The molecule has 13 heteroatoms. The summed E-state index contributed by atoms with van der Waals surface area (Å²) in [6.45, 7) is 31.4. The first-order valence-corrected chi connectivity index (χ1v) is 33.8. The summed E-state index contributed by atoms with van der Waals surface area (Å²) in [5, 5.41) is 8.97. The molecule has 9 rings (SSSR count). The molecule has 10 nitrogen and oxygen atoms in total. The Bertz CT molecular complexity index is 3620. The van der Waals surface area contributed by atoms with Crippen molar-refractivity contribution in [1.82, 2.24) is 0 Å². The molecule has 0 radical (unpaired) electrons. The number of rotatable bonds is 16. The van der Waals surface area contributed by atoms with Gasteiger partial charge in [0.15, 0.2) is 0 Å². The predicted octanol–water partition coefficient (Wildman–Crippen LogP) is 16.5. The Hall–Kier alpha value is -6.02. The molecule has 0 aliphatic heterocycles. The van der Waals surface area contributed by atoms with Gasteiger partial charge in [-0.05, 0) is 221 Å². The number of esters is 2. The van der Waals surface area contributed by atoms with E-state index in [0.29, 0.717) is 36.5 Å². The molecular formula is C72H90O10S3. The second-order valence-corrected chi connectivity index (χ2v) is 32.2. The molecule has 0 aromatic heterocycles. The molecule has 3 aliphatic carbocycles. The molecule has 0 spiro atoms. The minimum absolute atomic E-state index is 0.0224. The number of carbonyl (C=O) groups is 3. The molecule has 0 atom stereocenters. The molecule has 0 saturated heterocycles. The van der Waals surface area contributed by atoms with E-state index in [9.17, 15) is 31.2 Å². The molecule has 6 aromatic carbocycles. The van der Waals surface area contributed by atoms with Crippen LogP contribution in [0.25, 0.3) is 0 Å². The Kier molecular flexibility index (Phi) is 20.4. The van der Waals surface area contributed by atoms with Crippen LogP contribution in [0, 0.1) is 0 Å². The van der Waals surface area contributed by atoms with Crippen LogP contribution in [0.4, 0.5) is 0 Å². The van der Waals surface area contributed by atoms with Gasteiger partial charge in [-0.25, -0.2) is 16.8 Å². The Morgan fingerprint density at radius 3 is 1.16 bits per heavy atom. The topological polar surface area (TPSA) is 158 Å². The van der Waals surface area contributed by atoms with Crippen LogP contribution in [0.15, 0.2) is 157 Å². The summed E-state index contributed by atoms with van der Waals surface area (Å²) >= 11 is 1.81. The fourth-order valence-corrected chi connectivity index (χ4v) is 15.5. The number of carbonyl (C=O) groups excluding carboxylic acids is 2. The van der Waals surface area contributed by atoms with E-state index in [1.807, 2.05) is 43.0 Å². The van der Waals surface area contributed by atoms with E-state index in [-0.39, 0.29) is 72.0 Å². The maximum Gasteiger partial charge on any atom is 0.307 e. The van der Waals surface area contributed by atoms with Crippen LogP contribution in [0.2, 0.25) is 0 Å². The molecule has 1 N–H and O–H groups in total. The van der Waals surface area contributed by atoms with Gasteiger partial charge in [0.1, 0.15) is 0 Å². The maximum atomic E-state index is 13.3. The largest absolute Gasteiger partial charge is 0.481 e. The highest BCUT2D eigenvalue weighted by Gasteiger charge is 2.40. The number of benzene rings is 6. The zero-order valence-electron chi connectivity index (χ0n) is 52.7. The smallest absolute Gasteiger partial charge is 0.307 e. The van der Waals surface area contributed by atoms with Gasteiger partial charge in [0.25, 0.3) is 0 Å². The molecule has 0 fully saturated rings. The van der Waals surface area contributed by atoms with Crippen molar-refractivity contribution in [3.05, 3.63) is 177 Å². The zero-order valence-corrected chi connectivity index (χ0v) is 55.1. The first-order valence-electron chi connectivity index (χ1n) is 30.0. The van der Waals surface area contributed by atoms with Gasteiger partial charge in [-0.2, -0.15) is 0 Å². The van der Waals surface area contributed by atoms with Crippen LogP contribution in [0.1, 0.15) is 198 Å². The Morgan fingerprint density at radius 1 is 0.412 bits per heavy atom. The summed E-state index contributed by atoms with van der Waals surface area (Å²) in [5.41, 5.74) is 10.7. The van der Waals surface area contributed by atoms with Crippen molar-refractivity contribution in [3.63, 3.8) is 0 Å². The van der Waals surface area contributed by atoms with Gasteiger partial charge in [0.2, 0.25) is 19.7 Å². The number of carboxylic acid groups (broad SMARTS) is 1. The second kappa shape index (κ2) is 26.1. The van der Waals surface area contributed by atoms with Crippen molar-refractivity contribution in [2.24, 2.45) is 0 Å². The molecule has 456 valence electrons. The second-order valence-electron chi connectivity index (χ2n) is 27.2. The lowest BCUT2D eigenvalue weighted by atomic mass is 9.63. The van der Waals surface area contributed by atoms with E-state index >= 15 is 0 Å². The van der Waals surface area contributed by atoms with E-state index < -0.39 is 25.6 Å². The van der Waals surface area contributed by atoms with Gasteiger partial charge in [-0.3, -0.25) is 14.4 Å².